The maximum atomic E-state index is 11.4. The molecule has 1 amide bonds. The predicted octanol–water partition coefficient (Wildman–Crippen LogP) is 0.901. The Balaban J connectivity index is 1.91. The van der Waals surface area contributed by atoms with E-state index >= 15 is 0 Å². The molecular weight excluding hydrogens is 198 g/mol. The smallest absolute Gasteiger partial charge is 0.287 e. The van der Waals surface area contributed by atoms with Crippen LogP contribution in [0.4, 0.5) is 0 Å². The summed E-state index contributed by atoms with van der Waals surface area (Å²) in [6, 6.07) is 3.23. The third-order valence-electron chi connectivity index (χ3n) is 1.72. The van der Waals surface area contributed by atoms with Gasteiger partial charge in [-0.15, -0.1) is 0 Å². The van der Waals surface area contributed by atoms with E-state index in [2.05, 4.69) is 15.5 Å². The van der Waals surface area contributed by atoms with E-state index in [1.165, 1.54) is 6.26 Å². The minimum absolute atomic E-state index is 0.219. The van der Waals surface area contributed by atoms with Crippen molar-refractivity contribution < 1.29 is 13.7 Å². The van der Waals surface area contributed by atoms with Gasteiger partial charge in [-0.2, -0.15) is 4.98 Å². The fourth-order valence-electron chi connectivity index (χ4n) is 1.07. The highest BCUT2D eigenvalue weighted by atomic mass is 16.5. The maximum Gasteiger partial charge on any atom is 0.287 e. The number of rotatable bonds is 3. The van der Waals surface area contributed by atoms with Crippen LogP contribution in [0.1, 0.15) is 22.3 Å². The number of amides is 1. The first-order valence-electron chi connectivity index (χ1n) is 4.36. The molecule has 0 aliphatic rings. The van der Waals surface area contributed by atoms with Crippen molar-refractivity contribution in [1.29, 1.82) is 0 Å². The van der Waals surface area contributed by atoms with Gasteiger partial charge in [-0.25, -0.2) is 0 Å². The van der Waals surface area contributed by atoms with Crippen molar-refractivity contribution in [2.45, 2.75) is 13.5 Å². The Morgan fingerprint density at radius 3 is 3.07 bits per heavy atom. The molecule has 15 heavy (non-hydrogen) atoms. The van der Waals surface area contributed by atoms with E-state index in [4.69, 9.17) is 8.94 Å². The fourth-order valence-corrected chi connectivity index (χ4v) is 1.07. The average molecular weight is 207 g/mol. The maximum absolute atomic E-state index is 11.4. The topological polar surface area (TPSA) is 81.2 Å². The molecule has 0 aromatic carbocycles. The summed E-state index contributed by atoms with van der Waals surface area (Å²) < 4.78 is 9.66. The Morgan fingerprint density at radius 1 is 1.60 bits per heavy atom. The van der Waals surface area contributed by atoms with E-state index in [0.29, 0.717) is 11.7 Å². The number of furan rings is 1. The van der Waals surface area contributed by atoms with E-state index < -0.39 is 0 Å². The first kappa shape index (κ1) is 9.45. The largest absolute Gasteiger partial charge is 0.459 e. The van der Waals surface area contributed by atoms with Crippen LogP contribution in [0.25, 0.3) is 0 Å². The number of aromatic nitrogens is 2. The number of nitrogens with zero attached hydrogens (tertiary/aromatic N) is 2. The summed E-state index contributed by atoms with van der Waals surface area (Å²) in [5, 5.41) is 6.23. The third kappa shape index (κ3) is 2.22. The number of aryl methyl sites for hydroxylation is 1. The molecule has 0 unspecified atom stereocenters. The molecule has 0 bridgehead atoms. The van der Waals surface area contributed by atoms with Crippen LogP contribution in [0.15, 0.2) is 27.3 Å². The van der Waals surface area contributed by atoms with Gasteiger partial charge in [0.1, 0.15) is 0 Å². The molecule has 0 saturated heterocycles. The number of nitrogens with one attached hydrogen (secondary N) is 1. The van der Waals surface area contributed by atoms with Crippen molar-refractivity contribution in [2.24, 2.45) is 0 Å². The lowest BCUT2D eigenvalue weighted by atomic mass is 10.4. The lowest BCUT2D eigenvalue weighted by molar-refractivity contribution is 0.0922. The van der Waals surface area contributed by atoms with E-state index in [9.17, 15) is 4.79 Å². The SMILES string of the molecule is Cc1nc(CNC(=O)c2ccco2)no1. The van der Waals surface area contributed by atoms with Crippen LogP contribution in [0.3, 0.4) is 0 Å². The average Bonchev–Trinajstić information content (AvgIpc) is 2.84. The van der Waals surface area contributed by atoms with Crippen molar-refractivity contribution >= 4 is 5.91 Å². The number of carbonyl (C=O) groups is 1. The second kappa shape index (κ2) is 3.95. The van der Waals surface area contributed by atoms with Gasteiger partial charge in [-0.1, -0.05) is 5.16 Å². The zero-order chi connectivity index (χ0) is 10.7. The quantitative estimate of drug-likeness (QED) is 0.808. The van der Waals surface area contributed by atoms with E-state index in [1.54, 1.807) is 19.1 Å². The lowest BCUT2D eigenvalue weighted by Gasteiger charge is -1.97. The minimum Gasteiger partial charge on any atom is -0.459 e. The second-order valence-electron chi connectivity index (χ2n) is 2.89. The number of hydrogen-bond donors (Lipinski definition) is 1. The molecule has 0 atom stereocenters. The van der Waals surface area contributed by atoms with Crippen LogP contribution in [0.5, 0.6) is 0 Å². The standard InChI is InChI=1S/C9H9N3O3/c1-6-11-8(12-15-6)5-10-9(13)7-3-2-4-14-7/h2-4H,5H2,1H3,(H,10,13). The summed E-state index contributed by atoms with van der Waals surface area (Å²) in [5.74, 6) is 0.863. The molecule has 0 spiro atoms. The van der Waals surface area contributed by atoms with Crippen LogP contribution in [0.2, 0.25) is 0 Å². The Kier molecular flexibility index (Phi) is 2.49. The molecule has 0 fully saturated rings. The molecule has 0 aliphatic heterocycles. The van der Waals surface area contributed by atoms with Gasteiger partial charge in [-0.05, 0) is 12.1 Å². The summed E-state index contributed by atoms with van der Waals surface area (Å²) in [6.45, 7) is 1.90. The zero-order valence-corrected chi connectivity index (χ0v) is 8.06. The fraction of sp³-hybridized carbons (Fsp3) is 0.222. The van der Waals surface area contributed by atoms with E-state index in [-0.39, 0.29) is 18.2 Å². The van der Waals surface area contributed by atoms with Crippen molar-refractivity contribution in [3.63, 3.8) is 0 Å². The van der Waals surface area contributed by atoms with Crippen molar-refractivity contribution in [3.05, 3.63) is 35.9 Å². The molecule has 0 saturated carbocycles. The van der Waals surface area contributed by atoms with Gasteiger partial charge in [0.05, 0.1) is 12.8 Å². The summed E-state index contributed by atoms with van der Waals surface area (Å²) in [6.07, 6.45) is 1.44. The summed E-state index contributed by atoms with van der Waals surface area (Å²) >= 11 is 0. The molecule has 2 aromatic rings. The number of hydrogen-bond acceptors (Lipinski definition) is 5. The molecule has 6 nitrogen and oxygen atoms in total. The molecule has 6 heteroatoms. The Morgan fingerprint density at radius 2 is 2.47 bits per heavy atom. The second-order valence-corrected chi connectivity index (χ2v) is 2.89. The Labute approximate surface area is 85.3 Å². The summed E-state index contributed by atoms with van der Waals surface area (Å²) in [5.41, 5.74) is 0. The molecule has 2 rings (SSSR count). The predicted molar refractivity (Wildman–Crippen MR) is 48.9 cm³/mol. The highest BCUT2D eigenvalue weighted by molar-refractivity contribution is 5.91. The van der Waals surface area contributed by atoms with Gasteiger partial charge in [0.2, 0.25) is 5.89 Å². The van der Waals surface area contributed by atoms with Gasteiger partial charge in [0.15, 0.2) is 11.6 Å². The van der Waals surface area contributed by atoms with Crippen LogP contribution >= 0.6 is 0 Å². The molecule has 78 valence electrons. The van der Waals surface area contributed by atoms with Crippen LogP contribution in [-0.4, -0.2) is 16.0 Å². The molecule has 2 heterocycles. The third-order valence-corrected chi connectivity index (χ3v) is 1.72. The summed E-state index contributed by atoms with van der Waals surface area (Å²) in [4.78, 5) is 15.3. The highest BCUT2D eigenvalue weighted by Crippen LogP contribution is 2.00. The van der Waals surface area contributed by atoms with E-state index in [1.807, 2.05) is 0 Å². The number of carbonyl (C=O) groups excluding carboxylic acids is 1. The van der Waals surface area contributed by atoms with Crippen molar-refractivity contribution in [1.82, 2.24) is 15.5 Å². The Hall–Kier alpha value is -2.11. The first-order chi connectivity index (χ1) is 7.25. The summed E-state index contributed by atoms with van der Waals surface area (Å²) in [7, 11) is 0. The minimum atomic E-state index is -0.303. The van der Waals surface area contributed by atoms with Crippen LogP contribution in [0, 0.1) is 6.92 Å². The van der Waals surface area contributed by atoms with Crippen molar-refractivity contribution in [3.8, 4) is 0 Å². The molecule has 0 aliphatic carbocycles. The van der Waals surface area contributed by atoms with Gasteiger partial charge >= 0.3 is 0 Å². The van der Waals surface area contributed by atoms with Crippen LogP contribution in [-0.2, 0) is 6.54 Å². The molecule has 0 radical (unpaired) electrons. The van der Waals surface area contributed by atoms with Gasteiger partial charge in [0.25, 0.3) is 5.91 Å². The monoisotopic (exact) mass is 207 g/mol. The molecular formula is C9H9N3O3. The van der Waals surface area contributed by atoms with Gasteiger partial charge < -0.3 is 14.3 Å². The molecule has 2 aromatic heterocycles. The lowest BCUT2D eigenvalue weighted by Crippen LogP contribution is -2.22. The van der Waals surface area contributed by atoms with Crippen LogP contribution < -0.4 is 5.32 Å². The highest BCUT2D eigenvalue weighted by Gasteiger charge is 2.09. The van der Waals surface area contributed by atoms with Crippen molar-refractivity contribution in [2.75, 3.05) is 0 Å². The zero-order valence-electron chi connectivity index (χ0n) is 8.06. The van der Waals surface area contributed by atoms with Gasteiger partial charge in [0, 0.05) is 6.92 Å². The normalized spacial score (nSPS) is 10.2. The Bertz CT molecular complexity index is 447. The van der Waals surface area contributed by atoms with Gasteiger partial charge in [-0.3, -0.25) is 4.79 Å². The first-order valence-corrected chi connectivity index (χ1v) is 4.36. The van der Waals surface area contributed by atoms with E-state index in [0.717, 1.165) is 0 Å². The molecule has 1 N–H and O–H groups in total.